The van der Waals surface area contributed by atoms with Crippen LogP contribution in [0.25, 0.3) is 10.2 Å². The Labute approximate surface area is 124 Å². The Balaban J connectivity index is 1.74. The van der Waals surface area contributed by atoms with Crippen molar-refractivity contribution in [2.45, 2.75) is 6.61 Å². The van der Waals surface area contributed by atoms with Gasteiger partial charge in [-0.05, 0) is 30.3 Å². The minimum atomic E-state index is -0.751. The number of hydrogen-bond donors (Lipinski definition) is 1. The van der Waals surface area contributed by atoms with E-state index in [1.807, 2.05) is 24.3 Å². The second kappa shape index (κ2) is 5.49. The van der Waals surface area contributed by atoms with Crippen LogP contribution in [0.1, 0.15) is 15.4 Å². The van der Waals surface area contributed by atoms with E-state index in [1.165, 1.54) is 23.5 Å². The minimum absolute atomic E-state index is 0.00637. The standard InChI is InChI=1S/C15H11FN2O2S/c16-11-6-5-9(17)7-10(11)15(19)20-8-14-18-12-3-1-2-4-13(12)21-14/h1-7H,8,17H2. The van der Waals surface area contributed by atoms with Crippen LogP contribution in [-0.2, 0) is 11.3 Å². The number of fused-ring (bicyclic) bond motifs is 1. The molecule has 106 valence electrons. The number of anilines is 1. The zero-order valence-corrected chi connectivity index (χ0v) is 11.7. The van der Waals surface area contributed by atoms with Crippen molar-refractivity contribution in [3.8, 4) is 0 Å². The third-order valence-electron chi connectivity index (χ3n) is 2.88. The van der Waals surface area contributed by atoms with Gasteiger partial charge in [-0.25, -0.2) is 14.2 Å². The number of nitrogens with zero attached hydrogens (tertiary/aromatic N) is 1. The van der Waals surface area contributed by atoms with Crippen molar-refractivity contribution in [3.63, 3.8) is 0 Å². The maximum absolute atomic E-state index is 13.5. The lowest BCUT2D eigenvalue weighted by molar-refractivity contribution is 0.0467. The van der Waals surface area contributed by atoms with E-state index in [9.17, 15) is 9.18 Å². The average Bonchev–Trinajstić information content (AvgIpc) is 2.90. The van der Waals surface area contributed by atoms with Gasteiger partial charge in [-0.1, -0.05) is 12.1 Å². The molecule has 2 N–H and O–H groups in total. The van der Waals surface area contributed by atoms with E-state index in [0.29, 0.717) is 10.7 Å². The summed E-state index contributed by atoms with van der Waals surface area (Å²) in [5, 5.41) is 0.661. The molecule has 3 aromatic rings. The van der Waals surface area contributed by atoms with Gasteiger partial charge in [-0.15, -0.1) is 11.3 Å². The number of nitrogen functional groups attached to an aromatic ring is 1. The number of halogens is 1. The molecule has 0 bridgehead atoms. The van der Waals surface area contributed by atoms with Crippen molar-refractivity contribution in [3.05, 3.63) is 58.9 Å². The molecule has 3 rings (SSSR count). The molecule has 21 heavy (non-hydrogen) atoms. The number of carbonyl (C=O) groups is 1. The lowest BCUT2D eigenvalue weighted by Gasteiger charge is -2.04. The van der Waals surface area contributed by atoms with Gasteiger partial charge >= 0.3 is 5.97 Å². The molecule has 0 aliphatic carbocycles. The Bertz CT molecular complexity index is 783. The highest BCUT2D eigenvalue weighted by atomic mass is 32.1. The van der Waals surface area contributed by atoms with Gasteiger partial charge in [0.15, 0.2) is 0 Å². The van der Waals surface area contributed by atoms with E-state index in [1.54, 1.807) is 0 Å². The molecule has 1 aromatic heterocycles. The third-order valence-corrected chi connectivity index (χ3v) is 3.89. The van der Waals surface area contributed by atoms with Crippen molar-refractivity contribution in [1.82, 2.24) is 4.98 Å². The Kier molecular flexibility index (Phi) is 3.53. The highest BCUT2D eigenvalue weighted by Gasteiger charge is 2.14. The maximum atomic E-state index is 13.5. The van der Waals surface area contributed by atoms with Crippen molar-refractivity contribution in [1.29, 1.82) is 0 Å². The molecule has 0 radical (unpaired) electrons. The van der Waals surface area contributed by atoms with Crippen LogP contribution in [0.5, 0.6) is 0 Å². The van der Waals surface area contributed by atoms with E-state index in [0.717, 1.165) is 16.3 Å². The first kappa shape index (κ1) is 13.5. The number of aromatic nitrogens is 1. The van der Waals surface area contributed by atoms with Crippen molar-refractivity contribution in [2.75, 3.05) is 5.73 Å². The predicted octanol–water partition coefficient (Wildman–Crippen LogP) is 3.37. The van der Waals surface area contributed by atoms with Crippen LogP contribution < -0.4 is 5.73 Å². The molecule has 0 amide bonds. The van der Waals surface area contributed by atoms with Gasteiger partial charge in [0.05, 0.1) is 15.8 Å². The molecule has 0 aliphatic heterocycles. The maximum Gasteiger partial charge on any atom is 0.341 e. The van der Waals surface area contributed by atoms with Gasteiger partial charge in [-0.2, -0.15) is 0 Å². The van der Waals surface area contributed by atoms with Crippen molar-refractivity contribution in [2.24, 2.45) is 0 Å². The largest absolute Gasteiger partial charge is 0.455 e. The third kappa shape index (κ3) is 2.85. The SMILES string of the molecule is Nc1ccc(F)c(C(=O)OCc2nc3ccccc3s2)c1. The van der Waals surface area contributed by atoms with Crippen LogP contribution >= 0.6 is 11.3 Å². The molecular weight excluding hydrogens is 291 g/mol. The van der Waals surface area contributed by atoms with Crippen LogP contribution in [0.4, 0.5) is 10.1 Å². The summed E-state index contributed by atoms with van der Waals surface area (Å²) in [5.74, 6) is -1.41. The summed E-state index contributed by atoms with van der Waals surface area (Å²) in [6.07, 6.45) is 0. The lowest BCUT2D eigenvalue weighted by Crippen LogP contribution is -2.08. The normalized spacial score (nSPS) is 10.7. The summed E-state index contributed by atoms with van der Waals surface area (Å²) >= 11 is 1.44. The fraction of sp³-hybridized carbons (Fsp3) is 0.0667. The highest BCUT2D eigenvalue weighted by Crippen LogP contribution is 2.22. The highest BCUT2D eigenvalue weighted by molar-refractivity contribution is 7.18. The number of thiazole rings is 1. The zero-order valence-electron chi connectivity index (χ0n) is 10.9. The number of carbonyl (C=O) groups excluding carboxylic acids is 1. The van der Waals surface area contributed by atoms with Gasteiger partial charge in [0, 0.05) is 5.69 Å². The summed E-state index contributed by atoms with van der Waals surface area (Å²) in [6.45, 7) is 0.00637. The molecule has 1 heterocycles. The van der Waals surface area contributed by atoms with Gasteiger partial charge in [0.2, 0.25) is 0 Å². The quantitative estimate of drug-likeness (QED) is 0.595. The Morgan fingerprint density at radius 3 is 2.90 bits per heavy atom. The van der Waals surface area contributed by atoms with Gasteiger partial charge < -0.3 is 10.5 Å². The number of hydrogen-bond acceptors (Lipinski definition) is 5. The fourth-order valence-electron chi connectivity index (χ4n) is 1.89. The molecule has 0 saturated heterocycles. The molecule has 0 saturated carbocycles. The van der Waals surface area contributed by atoms with Crippen molar-refractivity contribution < 1.29 is 13.9 Å². The zero-order chi connectivity index (χ0) is 14.8. The average molecular weight is 302 g/mol. The monoisotopic (exact) mass is 302 g/mol. The Morgan fingerprint density at radius 1 is 1.29 bits per heavy atom. The molecule has 4 nitrogen and oxygen atoms in total. The first-order chi connectivity index (χ1) is 10.1. The molecule has 0 spiro atoms. The summed E-state index contributed by atoms with van der Waals surface area (Å²) in [7, 11) is 0. The van der Waals surface area contributed by atoms with Crippen LogP contribution in [0.3, 0.4) is 0 Å². The van der Waals surface area contributed by atoms with Gasteiger partial charge in [-0.3, -0.25) is 0 Å². The molecule has 2 aromatic carbocycles. The van der Waals surface area contributed by atoms with E-state index in [4.69, 9.17) is 10.5 Å². The number of esters is 1. The molecule has 0 aliphatic rings. The number of rotatable bonds is 3. The fourth-order valence-corrected chi connectivity index (χ4v) is 2.77. The second-order valence-corrected chi connectivity index (χ2v) is 5.51. The predicted molar refractivity (Wildman–Crippen MR) is 79.6 cm³/mol. The molecule has 0 atom stereocenters. The van der Waals surface area contributed by atoms with Gasteiger partial charge in [0.25, 0.3) is 0 Å². The van der Waals surface area contributed by atoms with Gasteiger partial charge in [0.1, 0.15) is 17.4 Å². The van der Waals surface area contributed by atoms with E-state index in [-0.39, 0.29) is 12.2 Å². The molecule has 6 heteroatoms. The van der Waals surface area contributed by atoms with E-state index >= 15 is 0 Å². The van der Waals surface area contributed by atoms with E-state index in [2.05, 4.69) is 4.98 Å². The summed E-state index contributed by atoms with van der Waals surface area (Å²) < 4.78 is 19.6. The summed E-state index contributed by atoms with van der Waals surface area (Å²) in [6, 6.07) is 11.4. The number of benzene rings is 2. The van der Waals surface area contributed by atoms with Crippen LogP contribution in [0.15, 0.2) is 42.5 Å². The second-order valence-electron chi connectivity index (χ2n) is 4.39. The summed E-state index contributed by atoms with van der Waals surface area (Å²) in [4.78, 5) is 16.2. The first-order valence-corrected chi connectivity index (χ1v) is 7.02. The molecule has 0 fully saturated rings. The number of para-hydroxylation sites is 1. The first-order valence-electron chi connectivity index (χ1n) is 6.20. The lowest BCUT2D eigenvalue weighted by atomic mass is 10.2. The number of ether oxygens (including phenoxy) is 1. The Morgan fingerprint density at radius 2 is 2.10 bits per heavy atom. The summed E-state index contributed by atoms with van der Waals surface area (Å²) in [5.41, 5.74) is 6.53. The van der Waals surface area contributed by atoms with Crippen LogP contribution in [-0.4, -0.2) is 11.0 Å². The smallest absolute Gasteiger partial charge is 0.341 e. The number of nitrogens with two attached hydrogens (primary N) is 1. The van der Waals surface area contributed by atoms with E-state index < -0.39 is 11.8 Å². The molecule has 0 unspecified atom stereocenters. The Hall–Kier alpha value is -2.47. The molecular formula is C15H11FN2O2S. The minimum Gasteiger partial charge on any atom is -0.455 e. The van der Waals surface area contributed by atoms with Crippen molar-refractivity contribution >= 4 is 33.2 Å². The van der Waals surface area contributed by atoms with Crippen LogP contribution in [0, 0.1) is 5.82 Å². The topological polar surface area (TPSA) is 65.2 Å². The van der Waals surface area contributed by atoms with Crippen LogP contribution in [0.2, 0.25) is 0 Å².